The predicted molar refractivity (Wildman–Crippen MR) is 106 cm³/mol. The Morgan fingerprint density at radius 2 is 1.68 bits per heavy atom. The Hall–Kier alpha value is -2.17. The lowest BCUT2D eigenvalue weighted by atomic mass is 10.1. The van der Waals surface area contributed by atoms with Gasteiger partial charge < -0.3 is 5.11 Å². The quantitative estimate of drug-likeness (QED) is 0.625. The van der Waals surface area contributed by atoms with E-state index in [2.05, 4.69) is 9.44 Å². The summed E-state index contributed by atoms with van der Waals surface area (Å²) < 4.78 is 67.8. The number of phenolic OH excluding ortho intramolecular Hbond substituents is 1. The van der Waals surface area contributed by atoms with E-state index in [1.165, 1.54) is 30.3 Å². The van der Waals surface area contributed by atoms with E-state index in [-0.39, 0.29) is 28.3 Å². The second-order valence-electron chi connectivity index (χ2n) is 7.30. The lowest BCUT2D eigenvalue weighted by Crippen LogP contribution is -2.40. The number of para-hydroxylation sites is 1. The van der Waals surface area contributed by atoms with E-state index in [0.29, 0.717) is 0 Å². The maximum atomic E-state index is 13.0. The number of sulfonamides is 2. The van der Waals surface area contributed by atoms with Crippen molar-refractivity contribution in [3.8, 4) is 5.75 Å². The van der Waals surface area contributed by atoms with Crippen LogP contribution in [0.3, 0.4) is 0 Å². The van der Waals surface area contributed by atoms with Crippen molar-refractivity contribution in [2.24, 2.45) is 0 Å². The fourth-order valence-corrected chi connectivity index (χ4v) is 5.21. The van der Waals surface area contributed by atoms with Gasteiger partial charge in [0.2, 0.25) is 20.0 Å². The number of hydrogen-bond acceptors (Lipinski definition) is 5. The molecule has 2 aromatic rings. The summed E-state index contributed by atoms with van der Waals surface area (Å²) in [6.07, 6.45) is -0.0728. The minimum absolute atomic E-state index is 0.0728. The molecular formula is C18H23FN2O5S2. The van der Waals surface area contributed by atoms with Crippen LogP contribution in [0.1, 0.15) is 26.3 Å². The fourth-order valence-electron chi connectivity index (χ4n) is 2.45. The number of rotatable bonds is 7. The first-order valence-electron chi connectivity index (χ1n) is 8.40. The van der Waals surface area contributed by atoms with E-state index in [0.717, 1.165) is 12.1 Å². The predicted octanol–water partition coefficient (Wildman–Crippen LogP) is 2.59. The van der Waals surface area contributed by atoms with Gasteiger partial charge in [-0.15, -0.1) is 0 Å². The Bertz CT molecular complexity index is 1060. The summed E-state index contributed by atoms with van der Waals surface area (Å²) in [7, 11) is -7.89. The third-order valence-corrected chi connectivity index (χ3v) is 6.66. The van der Waals surface area contributed by atoms with Gasteiger partial charge in [-0.2, -0.15) is 0 Å². The van der Waals surface area contributed by atoms with Crippen LogP contribution in [0.4, 0.5) is 10.1 Å². The third-order valence-electron chi connectivity index (χ3n) is 3.57. The van der Waals surface area contributed by atoms with Crippen molar-refractivity contribution in [3.05, 3.63) is 53.8 Å². The summed E-state index contributed by atoms with van der Waals surface area (Å²) in [6, 6.07) is 8.98. The first-order valence-corrected chi connectivity index (χ1v) is 11.5. The molecule has 3 N–H and O–H groups in total. The molecule has 0 saturated carbocycles. The van der Waals surface area contributed by atoms with Gasteiger partial charge in [-0.25, -0.2) is 25.9 Å². The minimum atomic E-state index is -3.96. The highest BCUT2D eigenvalue weighted by molar-refractivity contribution is 7.93. The highest BCUT2D eigenvalue weighted by Gasteiger charge is 2.26. The van der Waals surface area contributed by atoms with Crippen molar-refractivity contribution >= 4 is 25.7 Å². The molecule has 2 rings (SSSR count). The van der Waals surface area contributed by atoms with E-state index in [4.69, 9.17) is 0 Å². The molecule has 154 valence electrons. The van der Waals surface area contributed by atoms with Gasteiger partial charge in [0.25, 0.3) is 0 Å². The van der Waals surface area contributed by atoms with Crippen molar-refractivity contribution in [2.75, 3.05) is 10.5 Å². The Morgan fingerprint density at radius 1 is 1.04 bits per heavy atom. The van der Waals surface area contributed by atoms with E-state index >= 15 is 0 Å². The summed E-state index contributed by atoms with van der Waals surface area (Å²) in [5, 5.41) is 9.69. The molecule has 0 atom stereocenters. The molecule has 0 unspecified atom stereocenters. The maximum absolute atomic E-state index is 13.0. The second-order valence-corrected chi connectivity index (χ2v) is 10.8. The number of hydrogen-bond donors (Lipinski definition) is 3. The normalized spacial score (nSPS) is 12.7. The van der Waals surface area contributed by atoms with Crippen LogP contribution in [0.15, 0.2) is 47.4 Å². The largest absolute Gasteiger partial charge is 0.508 e. The molecule has 0 saturated heterocycles. The van der Waals surface area contributed by atoms with Crippen molar-refractivity contribution < 1.29 is 26.3 Å². The first-order chi connectivity index (χ1) is 12.8. The molecule has 0 aromatic heterocycles. The van der Waals surface area contributed by atoms with Crippen molar-refractivity contribution in [1.29, 1.82) is 0 Å². The standard InChI is InChI=1S/C18H23FN2O5S2/c1-18(2,3)21-28(25,26)17-7-5-4-6-15(17)20-27(23,24)11-10-13-8-9-14(19)12-16(13)22/h4-9,12,20-22H,10-11H2,1-3H3. The highest BCUT2D eigenvalue weighted by Crippen LogP contribution is 2.24. The van der Waals surface area contributed by atoms with Gasteiger partial charge in [0.05, 0.1) is 11.4 Å². The SMILES string of the molecule is CC(C)(C)NS(=O)(=O)c1ccccc1NS(=O)(=O)CCc1ccc(F)cc1O. The molecule has 0 amide bonds. The summed E-state index contributed by atoms with van der Waals surface area (Å²) in [5.74, 6) is -1.40. The monoisotopic (exact) mass is 430 g/mol. The zero-order valence-corrected chi connectivity index (χ0v) is 17.4. The van der Waals surface area contributed by atoms with Crippen LogP contribution in [0, 0.1) is 5.82 Å². The molecule has 10 heteroatoms. The van der Waals surface area contributed by atoms with Gasteiger partial charge in [0.1, 0.15) is 16.5 Å². The lowest BCUT2D eigenvalue weighted by molar-refractivity contribution is 0.462. The van der Waals surface area contributed by atoms with Gasteiger partial charge in [0, 0.05) is 11.6 Å². The summed E-state index contributed by atoms with van der Waals surface area (Å²) in [6.45, 7) is 5.02. The number of aromatic hydroxyl groups is 1. The summed E-state index contributed by atoms with van der Waals surface area (Å²) >= 11 is 0. The third kappa shape index (κ3) is 6.18. The van der Waals surface area contributed by atoms with Crippen molar-refractivity contribution in [2.45, 2.75) is 37.6 Å². The summed E-state index contributed by atoms with van der Waals surface area (Å²) in [5.41, 5.74) is -0.560. The first kappa shape index (κ1) is 22.1. The molecule has 2 aromatic carbocycles. The van der Waals surface area contributed by atoms with Crippen LogP contribution in [0.2, 0.25) is 0 Å². The van der Waals surface area contributed by atoms with E-state index in [1.807, 2.05) is 0 Å². The topological polar surface area (TPSA) is 113 Å². The molecule has 0 aliphatic carbocycles. The average molecular weight is 431 g/mol. The number of halogens is 1. The molecular weight excluding hydrogens is 407 g/mol. The average Bonchev–Trinajstić information content (AvgIpc) is 2.51. The van der Waals surface area contributed by atoms with Gasteiger partial charge in [-0.05, 0) is 51.0 Å². The Morgan fingerprint density at radius 3 is 2.29 bits per heavy atom. The zero-order chi connectivity index (χ0) is 21.2. The Kier molecular flexibility index (Phi) is 6.37. The van der Waals surface area contributed by atoms with E-state index in [1.54, 1.807) is 20.8 Å². The van der Waals surface area contributed by atoms with Crippen LogP contribution in [0.5, 0.6) is 5.75 Å². The van der Waals surface area contributed by atoms with Crippen LogP contribution >= 0.6 is 0 Å². The zero-order valence-electron chi connectivity index (χ0n) is 15.7. The van der Waals surface area contributed by atoms with Crippen molar-refractivity contribution in [3.63, 3.8) is 0 Å². The molecule has 0 aliphatic rings. The Labute approximate surface area is 164 Å². The van der Waals surface area contributed by atoms with Crippen LogP contribution in [-0.2, 0) is 26.5 Å². The minimum Gasteiger partial charge on any atom is -0.508 e. The van der Waals surface area contributed by atoms with E-state index in [9.17, 15) is 26.3 Å². The van der Waals surface area contributed by atoms with Gasteiger partial charge in [-0.3, -0.25) is 4.72 Å². The van der Waals surface area contributed by atoms with Gasteiger partial charge in [0.15, 0.2) is 0 Å². The number of phenols is 1. The van der Waals surface area contributed by atoms with Crippen LogP contribution in [-0.4, -0.2) is 33.2 Å². The smallest absolute Gasteiger partial charge is 0.243 e. The van der Waals surface area contributed by atoms with Gasteiger partial charge in [-0.1, -0.05) is 18.2 Å². The van der Waals surface area contributed by atoms with E-state index < -0.39 is 37.2 Å². The number of aryl methyl sites for hydroxylation is 1. The molecule has 0 heterocycles. The summed E-state index contributed by atoms with van der Waals surface area (Å²) in [4.78, 5) is -0.196. The highest BCUT2D eigenvalue weighted by atomic mass is 32.2. The molecule has 0 aliphatic heterocycles. The van der Waals surface area contributed by atoms with Gasteiger partial charge >= 0.3 is 0 Å². The number of nitrogens with one attached hydrogen (secondary N) is 2. The molecule has 0 radical (unpaired) electrons. The Balaban J connectivity index is 2.23. The molecule has 0 bridgehead atoms. The van der Waals surface area contributed by atoms with Crippen LogP contribution < -0.4 is 9.44 Å². The molecule has 28 heavy (non-hydrogen) atoms. The fraction of sp³-hybridized carbons (Fsp3) is 0.333. The number of benzene rings is 2. The van der Waals surface area contributed by atoms with Crippen molar-refractivity contribution in [1.82, 2.24) is 4.72 Å². The molecule has 7 nitrogen and oxygen atoms in total. The van der Waals surface area contributed by atoms with Crippen LogP contribution in [0.25, 0.3) is 0 Å². The molecule has 0 spiro atoms. The molecule has 0 fully saturated rings. The maximum Gasteiger partial charge on any atom is 0.243 e. The number of anilines is 1. The lowest BCUT2D eigenvalue weighted by Gasteiger charge is -2.21. The second kappa shape index (κ2) is 8.06.